The van der Waals surface area contributed by atoms with Crippen LogP contribution in [0.3, 0.4) is 0 Å². The fourth-order valence-corrected chi connectivity index (χ4v) is 2.98. The van der Waals surface area contributed by atoms with Gasteiger partial charge in [-0.25, -0.2) is 4.79 Å². The van der Waals surface area contributed by atoms with Gasteiger partial charge in [0.15, 0.2) is 0 Å². The summed E-state index contributed by atoms with van der Waals surface area (Å²) < 4.78 is 0. The zero-order chi connectivity index (χ0) is 17.6. The fourth-order valence-electron chi connectivity index (χ4n) is 2.98. The molecule has 1 aliphatic heterocycles. The Morgan fingerprint density at radius 1 is 0.960 bits per heavy atom. The molecule has 5 nitrogen and oxygen atoms in total. The van der Waals surface area contributed by atoms with E-state index in [4.69, 9.17) is 0 Å². The minimum atomic E-state index is -0.184. The van der Waals surface area contributed by atoms with Crippen LogP contribution < -0.4 is 10.6 Å². The smallest absolute Gasteiger partial charge is 0.321 e. The molecule has 1 atom stereocenters. The molecule has 0 aliphatic carbocycles. The second kappa shape index (κ2) is 7.83. The van der Waals surface area contributed by atoms with E-state index in [-0.39, 0.29) is 17.9 Å². The zero-order valence-corrected chi connectivity index (χ0v) is 14.4. The maximum Gasteiger partial charge on any atom is 0.321 e. The summed E-state index contributed by atoms with van der Waals surface area (Å²) in [5.41, 5.74) is 2.71. The van der Waals surface area contributed by atoms with Crippen LogP contribution in [0.1, 0.15) is 18.4 Å². The number of aryl methyl sites for hydroxylation is 1. The monoisotopic (exact) mass is 337 g/mol. The molecule has 3 amide bonds. The first-order valence-corrected chi connectivity index (χ1v) is 8.60. The van der Waals surface area contributed by atoms with Gasteiger partial charge in [-0.3, -0.25) is 4.79 Å². The van der Waals surface area contributed by atoms with Crippen LogP contribution in [-0.4, -0.2) is 29.9 Å². The normalized spacial score (nSPS) is 17.0. The molecule has 0 radical (unpaired) electrons. The molecule has 1 heterocycles. The Labute approximate surface area is 148 Å². The number of para-hydroxylation sites is 1. The molecule has 0 aromatic heterocycles. The van der Waals surface area contributed by atoms with Crippen molar-refractivity contribution in [2.24, 2.45) is 5.92 Å². The number of carbonyl (C=O) groups excluding carboxylic acids is 2. The number of benzene rings is 2. The van der Waals surface area contributed by atoms with Gasteiger partial charge in [0.1, 0.15) is 0 Å². The lowest BCUT2D eigenvalue weighted by molar-refractivity contribution is -0.121. The molecule has 1 aliphatic rings. The molecule has 5 heteroatoms. The van der Waals surface area contributed by atoms with Gasteiger partial charge < -0.3 is 15.5 Å². The van der Waals surface area contributed by atoms with E-state index in [2.05, 4.69) is 10.6 Å². The number of hydrogen-bond acceptors (Lipinski definition) is 2. The van der Waals surface area contributed by atoms with Gasteiger partial charge >= 0.3 is 6.03 Å². The summed E-state index contributed by atoms with van der Waals surface area (Å²) in [5, 5.41) is 5.83. The van der Waals surface area contributed by atoms with Gasteiger partial charge in [0.25, 0.3) is 0 Å². The predicted molar refractivity (Wildman–Crippen MR) is 99.6 cm³/mol. The molecule has 3 rings (SSSR count). The Bertz CT molecular complexity index is 728. The standard InChI is InChI=1S/C20H23N3O2/c1-15-9-11-18(12-10-15)21-19(24)16-6-5-13-23(14-16)20(25)22-17-7-3-2-4-8-17/h2-4,7-12,16H,5-6,13-14H2,1H3,(H,21,24)(H,22,25)/t16-/m0/s1. The van der Waals surface area contributed by atoms with Crippen molar-refractivity contribution in [3.05, 3.63) is 60.2 Å². The Morgan fingerprint density at radius 2 is 1.64 bits per heavy atom. The number of nitrogens with zero attached hydrogens (tertiary/aromatic N) is 1. The second-order valence-corrected chi connectivity index (χ2v) is 6.44. The largest absolute Gasteiger partial charge is 0.326 e. The number of rotatable bonds is 3. The van der Waals surface area contributed by atoms with Crippen molar-refractivity contribution in [1.82, 2.24) is 4.90 Å². The van der Waals surface area contributed by atoms with E-state index in [1.165, 1.54) is 0 Å². The van der Waals surface area contributed by atoms with E-state index in [0.29, 0.717) is 13.1 Å². The van der Waals surface area contributed by atoms with E-state index >= 15 is 0 Å². The van der Waals surface area contributed by atoms with E-state index in [0.717, 1.165) is 29.8 Å². The molecule has 130 valence electrons. The zero-order valence-electron chi connectivity index (χ0n) is 14.4. The molecule has 1 fully saturated rings. The molecule has 2 N–H and O–H groups in total. The van der Waals surface area contributed by atoms with Crippen LogP contribution in [0.15, 0.2) is 54.6 Å². The van der Waals surface area contributed by atoms with Crippen molar-refractivity contribution in [2.75, 3.05) is 23.7 Å². The van der Waals surface area contributed by atoms with Crippen molar-refractivity contribution >= 4 is 23.3 Å². The van der Waals surface area contributed by atoms with Gasteiger partial charge in [0.2, 0.25) is 5.91 Å². The Kier molecular flexibility index (Phi) is 5.33. The summed E-state index contributed by atoms with van der Waals surface area (Å²) in [6.45, 7) is 3.12. The third-order valence-corrected chi connectivity index (χ3v) is 4.42. The highest BCUT2D eigenvalue weighted by Gasteiger charge is 2.28. The average molecular weight is 337 g/mol. The highest BCUT2D eigenvalue weighted by molar-refractivity contribution is 5.94. The van der Waals surface area contributed by atoms with Crippen molar-refractivity contribution in [3.63, 3.8) is 0 Å². The van der Waals surface area contributed by atoms with Crippen LogP contribution in [-0.2, 0) is 4.79 Å². The minimum Gasteiger partial charge on any atom is -0.326 e. The summed E-state index contributed by atoms with van der Waals surface area (Å²) in [6, 6.07) is 16.9. The number of urea groups is 1. The van der Waals surface area contributed by atoms with E-state index in [1.54, 1.807) is 4.90 Å². The highest BCUT2D eigenvalue weighted by atomic mass is 16.2. The lowest BCUT2D eigenvalue weighted by Crippen LogP contribution is -2.45. The van der Waals surface area contributed by atoms with Gasteiger partial charge in [-0.05, 0) is 44.0 Å². The second-order valence-electron chi connectivity index (χ2n) is 6.44. The van der Waals surface area contributed by atoms with Gasteiger partial charge in [0, 0.05) is 24.5 Å². The first-order chi connectivity index (χ1) is 12.1. The number of anilines is 2. The topological polar surface area (TPSA) is 61.4 Å². The summed E-state index contributed by atoms with van der Waals surface area (Å²) in [7, 11) is 0. The van der Waals surface area contributed by atoms with Gasteiger partial charge in [-0.2, -0.15) is 0 Å². The van der Waals surface area contributed by atoms with Crippen LogP contribution in [0, 0.1) is 12.8 Å². The molecular formula is C20H23N3O2. The third kappa shape index (κ3) is 4.59. The van der Waals surface area contributed by atoms with Crippen LogP contribution in [0.4, 0.5) is 16.2 Å². The molecule has 1 saturated heterocycles. The number of hydrogen-bond donors (Lipinski definition) is 2. The minimum absolute atomic E-state index is 0.0268. The lowest BCUT2D eigenvalue weighted by Gasteiger charge is -2.32. The summed E-state index contributed by atoms with van der Waals surface area (Å²) in [6.07, 6.45) is 1.63. The van der Waals surface area contributed by atoms with Crippen molar-refractivity contribution in [3.8, 4) is 0 Å². The third-order valence-electron chi connectivity index (χ3n) is 4.42. The van der Waals surface area contributed by atoms with Crippen LogP contribution in [0.25, 0.3) is 0 Å². The first-order valence-electron chi connectivity index (χ1n) is 8.60. The SMILES string of the molecule is Cc1ccc(NC(=O)[C@H]2CCCN(C(=O)Nc3ccccc3)C2)cc1. The number of likely N-dealkylation sites (tertiary alicyclic amines) is 1. The summed E-state index contributed by atoms with van der Waals surface area (Å²) in [4.78, 5) is 26.6. The van der Waals surface area contributed by atoms with Crippen LogP contribution >= 0.6 is 0 Å². The quantitative estimate of drug-likeness (QED) is 0.893. The molecule has 0 spiro atoms. The molecule has 25 heavy (non-hydrogen) atoms. The van der Waals surface area contributed by atoms with E-state index in [1.807, 2.05) is 61.5 Å². The Balaban J connectivity index is 1.57. The van der Waals surface area contributed by atoms with Crippen molar-refractivity contribution in [1.29, 1.82) is 0 Å². The van der Waals surface area contributed by atoms with Gasteiger partial charge in [-0.15, -0.1) is 0 Å². The predicted octanol–water partition coefficient (Wildman–Crippen LogP) is 3.88. The van der Waals surface area contributed by atoms with E-state index < -0.39 is 0 Å². The maximum atomic E-state index is 12.5. The molecule has 0 bridgehead atoms. The molecular weight excluding hydrogens is 314 g/mol. The number of amides is 3. The van der Waals surface area contributed by atoms with Crippen molar-refractivity contribution in [2.45, 2.75) is 19.8 Å². The fraction of sp³-hybridized carbons (Fsp3) is 0.300. The molecule has 2 aromatic carbocycles. The summed E-state index contributed by atoms with van der Waals surface area (Å²) >= 11 is 0. The Hall–Kier alpha value is -2.82. The molecule has 0 unspecified atom stereocenters. The average Bonchev–Trinajstić information content (AvgIpc) is 2.64. The number of carbonyl (C=O) groups is 2. The first kappa shape index (κ1) is 17.0. The number of piperidine rings is 1. The maximum absolute atomic E-state index is 12.5. The summed E-state index contributed by atoms with van der Waals surface area (Å²) in [5.74, 6) is -0.211. The van der Waals surface area contributed by atoms with Crippen LogP contribution in [0.2, 0.25) is 0 Å². The Morgan fingerprint density at radius 3 is 2.36 bits per heavy atom. The van der Waals surface area contributed by atoms with Gasteiger partial charge in [-0.1, -0.05) is 35.9 Å². The molecule has 0 saturated carbocycles. The van der Waals surface area contributed by atoms with Gasteiger partial charge in [0.05, 0.1) is 5.92 Å². The van der Waals surface area contributed by atoms with Crippen LogP contribution in [0.5, 0.6) is 0 Å². The number of nitrogens with one attached hydrogen (secondary N) is 2. The highest BCUT2D eigenvalue weighted by Crippen LogP contribution is 2.20. The molecule has 2 aromatic rings. The lowest BCUT2D eigenvalue weighted by atomic mass is 9.97. The van der Waals surface area contributed by atoms with E-state index in [9.17, 15) is 9.59 Å². The van der Waals surface area contributed by atoms with Crippen molar-refractivity contribution < 1.29 is 9.59 Å².